The van der Waals surface area contributed by atoms with E-state index in [1.54, 1.807) is 0 Å². The Hall–Kier alpha value is -2.19. The molecule has 1 aliphatic heterocycles. The Labute approximate surface area is 127 Å². The van der Waals surface area contributed by atoms with Crippen LogP contribution in [0.1, 0.15) is 0 Å². The highest BCUT2D eigenvalue weighted by Crippen LogP contribution is 2.14. The lowest BCUT2D eigenvalue weighted by Gasteiger charge is -2.11. The molecule has 2 heterocycles. The van der Waals surface area contributed by atoms with E-state index in [4.69, 9.17) is 0 Å². The summed E-state index contributed by atoms with van der Waals surface area (Å²) in [6.45, 7) is 10.8. The molecule has 1 aromatic carbocycles. The van der Waals surface area contributed by atoms with E-state index in [0.717, 1.165) is 37.4 Å². The highest BCUT2D eigenvalue weighted by Gasteiger charge is 1.93. The normalized spacial score (nSPS) is 12.8. The van der Waals surface area contributed by atoms with Crippen molar-refractivity contribution < 1.29 is 0 Å². The Kier molecular flexibility index (Phi) is 9.33. The molecule has 0 bridgehead atoms. The largest absolute Gasteiger partial charge is 0.314 e. The first-order valence-electron chi connectivity index (χ1n) is 7.05. The smallest absolute Gasteiger partial charge is 0.0701 e. The topological polar surface area (TPSA) is 37.0 Å². The molecule has 3 heteroatoms. The van der Waals surface area contributed by atoms with Crippen molar-refractivity contribution in [3.05, 3.63) is 73.6 Å². The zero-order valence-corrected chi connectivity index (χ0v) is 12.4. The predicted molar refractivity (Wildman–Crippen MR) is 90.2 cm³/mol. The number of hydrogen-bond acceptors (Lipinski definition) is 3. The predicted octanol–water partition coefficient (Wildman–Crippen LogP) is 2.89. The molecule has 1 fully saturated rings. The summed E-state index contributed by atoms with van der Waals surface area (Å²) < 4.78 is 0. The highest BCUT2D eigenvalue weighted by molar-refractivity contribution is 5.58. The van der Waals surface area contributed by atoms with E-state index >= 15 is 0 Å². The Morgan fingerprint density at radius 1 is 0.810 bits per heavy atom. The van der Waals surface area contributed by atoms with E-state index < -0.39 is 0 Å². The van der Waals surface area contributed by atoms with Crippen molar-refractivity contribution in [2.24, 2.45) is 0 Å². The highest BCUT2D eigenvalue weighted by atomic mass is 15.0. The van der Waals surface area contributed by atoms with Crippen molar-refractivity contribution in [1.82, 2.24) is 15.6 Å². The lowest BCUT2D eigenvalue weighted by Crippen LogP contribution is -2.39. The van der Waals surface area contributed by atoms with E-state index in [2.05, 4.69) is 46.6 Å². The van der Waals surface area contributed by atoms with E-state index in [1.807, 2.05) is 42.6 Å². The minimum absolute atomic E-state index is 1.03. The fraction of sp³-hybridized carbons (Fsp3) is 0.222. The summed E-state index contributed by atoms with van der Waals surface area (Å²) in [5, 5.41) is 6.44. The molecule has 0 atom stereocenters. The van der Waals surface area contributed by atoms with Gasteiger partial charge in [0.05, 0.1) is 5.69 Å². The number of benzene rings is 1. The molecule has 2 aromatic rings. The lowest BCUT2D eigenvalue weighted by molar-refractivity contribution is 0.534. The summed E-state index contributed by atoms with van der Waals surface area (Å²) in [5.74, 6) is 0. The Morgan fingerprint density at radius 2 is 1.33 bits per heavy atom. The van der Waals surface area contributed by atoms with E-state index in [0.29, 0.717) is 0 Å². The van der Waals surface area contributed by atoms with Crippen LogP contribution in [0.2, 0.25) is 0 Å². The Bertz CT molecular complexity index is 449. The Morgan fingerprint density at radius 3 is 1.76 bits per heavy atom. The monoisotopic (exact) mass is 281 g/mol. The molecule has 1 aliphatic rings. The van der Waals surface area contributed by atoms with E-state index in [1.165, 1.54) is 0 Å². The average molecular weight is 281 g/mol. The third-order valence-electron chi connectivity index (χ3n) is 2.69. The number of nitrogens with one attached hydrogen (secondary N) is 2. The molecule has 1 aromatic heterocycles. The van der Waals surface area contributed by atoms with Crippen LogP contribution in [0.4, 0.5) is 0 Å². The van der Waals surface area contributed by atoms with Crippen LogP contribution in [0.5, 0.6) is 0 Å². The molecule has 0 spiro atoms. The second-order valence-corrected chi connectivity index (χ2v) is 4.33. The van der Waals surface area contributed by atoms with Crippen LogP contribution in [0.15, 0.2) is 73.6 Å². The van der Waals surface area contributed by atoms with Gasteiger partial charge in [-0.1, -0.05) is 49.6 Å². The maximum absolute atomic E-state index is 4.25. The van der Waals surface area contributed by atoms with Crippen molar-refractivity contribution >= 4 is 0 Å². The minimum atomic E-state index is 1.03. The van der Waals surface area contributed by atoms with Crippen LogP contribution in [0.25, 0.3) is 11.3 Å². The summed E-state index contributed by atoms with van der Waals surface area (Å²) in [4.78, 5) is 4.25. The molecular formula is C18H23N3. The first-order valence-corrected chi connectivity index (χ1v) is 7.05. The molecule has 2 N–H and O–H groups in total. The number of hydrogen-bond donors (Lipinski definition) is 2. The first-order chi connectivity index (χ1) is 10.4. The van der Waals surface area contributed by atoms with Crippen LogP contribution in [0.3, 0.4) is 0 Å². The van der Waals surface area contributed by atoms with Gasteiger partial charge in [0.15, 0.2) is 0 Å². The zero-order chi connectivity index (χ0) is 15.2. The molecule has 3 nitrogen and oxygen atoms in total. The van der Waals surface area contributed by atoms with Gasteiger partial charge in [-0.3, -0.25) is 4.98 Å². The fourth-order valence-corrected chi connectivity index (χ4v) is 1.75. The SMILES string of the molecule is C1CNCCN1.C=C=C.c1ccc(-c2ccccn2)cc1. The van der Waals surface area contributed by atoms with Gasteiger partial charge in [-0.2, -0.15) is 0 Å². The second-order valence-electron chi connectivity index (χ2n) is 4.33. The molecule has 21 heavy (non-hydrogen) atoms. The molecule has 3 rings (SSSR count). The molecular weight excluding hydrogens is 258 g/mol. The van der Waals surface area contributed by atoms with Crippen LogP contribution in [-0.2, 0) is 0 Å². The van der Waals surface area contributed by atoms with Crippen LogP contribution in [0, 0.1) is 0 Å². The molecule has 110 valence electrons. The number of piperazine rings is 1. The van der Waals surface area contributed by atoms with Crippen LogP contribution < -0.4 is 10.6 Å². The number of rotatable bonds is 1. The van der Waals surface area contributed by atoms with E-state index in [9.17, 15) is 0 Å². The number of nitrogens with zero attached hydrogens (tertiary/aromatic N) is 1. The van der Waals surface area contributed by atoms with Gasteiger partial charge in [-0.05, 0) is 12.1 Å². The molecule has 0 aliphatic carbocycles. The average Bonchev–Trinajstić information content (AvgIpc) is 2.59. The van der Waals surface area contributed by atoms with Crippen molar-refractivity contribution in [3.63, 3.8) is 0 Å². The van der Waals surface area contributed by atoms with Crippen LogP contribution >= 0.6 is 0 Å². The van der Waals surface area contributed by atoms with Gasteiger partial charge in [0, 0.05) is 37.9 Å². The summed E-state index contributed by atoms with van der Waals surface area (Å²) >= 11 is 0. The molecule has 1 saturated heterocycles. The van der Waals surface area contributed by atoms with Gasteiger partial charge < -0.3 is 10.6 Å². The van der Waals surface area contributed by atoms with Gasteiger partial charge in [0.1, 0.15) is 0 Å². The molecule has 0 saturated carbocycles. The van der Waals surface area contributed by atoms with Crippen LogP contribution in [-0.4, -0.2) is 31.2 Å². The van der Waals surface area contributed by atoms with Gasteiger partial charge >= 0.3 is 0 Å². The van der Waals surface area contributed by atoms with Gasteiger partial charge in [-0.25, -0.2) is 0 Å². The zero-order valence-electron chi connectivity index (χ0n) is 12.4. The minimum Gasteiger partial charge on any atom is -0.314 e. The lowest BCUT2D eigenvalue weighted by atomic mass is 10.1. The summed E-state index contributed by atoms with van der Waals surface area (Å²) in [5.41, 5.74) is 4.44. The fourth-order valence-electron chi connectivity index (χ4n) is 1.75. The van der Waals surface area contributed by atoms with Crippen molar-refractivity contribution in [1.29, 1.82) is 0 Å². The van der Waals surface area contributed by atoms with Gasteiger partial charge in [-0.15, -0.1) is 5.73 Å². The molecule has 0 unspecified atom stereocenters. The van der Waals surface area contributed by atoms with Crippen molar-refractivity contribution in [3.8, 4) is 11.3 Å². The maximum atomic E-state index is 4.25. The van der Waals surface area contributed by atoms with Crippen molar-refractivity contribution in [2.75, 3.05) is 26.2 Å². The third kappa shape index (κ3) is 7.85. The summed E-state index contributed by atoms with van der Waals surface area (Å²) in [7, 11) is 0. The molecule has 0 radical (unpaired) electrons. The maximum Gasteiger partial charge on any atom is 0.0701 e. The summed E-state index contributed by atoms with van der Waals surface area (Å²) in [6, 6.07) is 16.1. The van der Waals surface area contributed by atoms with Crippen molar-refractivity contribution in [2.45, 2.75) is 0 Å². The Balaban J connectivity index is 0.000000205. The molecule has 0 amide bonds. The van der Waals surface area contributed by atoms with Gasteiger partial charge in [0.2, 0.25) is 0 Å². The second kappa shape index (κ2) is 11.6. The number of pyridine rings is 1. The number of aromatic nitrogens is 1. The standard InChI is InChI=1S/C11H9N.C4H10N2.C3H4/c1-2-6-10(7-3-1)11-8-4-5-9-12-11;1-2-6-4-3-5-1;1-3-2/h1-9H;5-6H,1-4H2;1-2H2. The van der Waals surface area contributed by atoms with E-state index in [-0.39, 0.29) is 0 Å². The summed E-state index contributed by atoms with van der Waals surface area (Å²) in [6.07, 6.45) is 1.81. The first kappa shape index (κ1) is 16.9. The third-order valence-corrected chi connectivity index (χ3v) is 2.69. The van der Waals surface area contributed by atoms with Gasteiger partial charge in [0.25, 0.3) is 0 Å². The quantitative estimate of drug-likeness (QED) is 0.789.